The summed E-state index contributed by atoms with van der Waals surface area (Å²) in [6.45, 7) is 1.56. The fourth-order valence-corrected chi connectivity index (χ4v) is 1.30. The molecule has 13 heavy (non-hydrogen) atoms. The van der Waals surface area contributed by atoms with Crippen molar-refractivity contribution in [3.8, 4) is 0 Å². The second kappa shape index (κ2) is 3.21. The van der Waals surface area contributed by atoms with Crippen molar-refractivity contribution >= 4 is 16.1 Å². The summed E-state index contributed by atoms with van der Waals surface area (Å²) in [6.07, 6.45) is 2.80. The van der Waals surface area contributed by atoms with Crippen LogP contribution in [0.3, 0.4) is 0 Å². The minimum Gasteiger partial charge on any atom is -0.298 e. The zero-order valence-electron chi connectivity index (χ0n) is 7.18. The highest BCUT2D eigenvalue weighted by Crippen LogP contribution is 2.05. The summed E-state index contributed by atoms with van der Waals surface area (Å²) in [5.74, 6) is 0. The average Bonchev–Trinajstić information content (AvgIpc) is 2.02. The number of carbonyl (C=O) groups excluding carboxylic acids is 1. The Kier molecular flexibility index (Phi) is 2.42. The van der Waals surface area contributed by atoms with Gasteiger partial charge in [-0.25, -0.2) is 18.4 Å². The Bertz CT molecular complexity index is 439. The van der Waals surface area contributed by atoms with Crippen molar-refractivity contribution in [3.63, 3.8) is 0 Å². The van der Waals surface area contributed by atoms with E-state index >= 15 is 0 Å². The molecule has 1 rings (SSSR count). The van der Waals surface area contributed by atoms with Gasteiger partial charge < -0.3 is 0 Å². The van der Waals surface area contributed by atoms with E-state index in [0.29, 0.717) is 17.5 Å². The van der Waals surface area contributed by atoms with Crippen LogP contribution in [0.1, 0.15) is 16.1 Å². The predicted octanol–water partition coefficient (Wildman–Crippen LogP) is 0.00102. The summed E-state index contributed by atoms with van der Waals surface area (Å²) < 4.78 is 21.9. The van der Waals surface area contributed by atoms with Gasteiger partial charge in [0.2, 0.25) is 15.0 Å². The molecule has 1 aromatic heterocycles. The van der Waals surface area contributed by atoms with Gasteiger partial charge in [-0.3, -0.25) is 4.79 Å². The van der Waals surface area contributed by atoms with Crippen molar-refractivity contribution in [3.05, 3.63) is 17.5 Å². The molecule has 1 aromatic rings. The second-order valence-corrected chi connectivity index (χ2v) is 4.49. The number of sulfone groups is 1. The first kappa shape index (κ1) is 9.79. The quantitative estimate of drug-likeness (QED) is 0.496. The van der Waals surface area contributed by atoms with Crippen LogP contribution in [-0.2, 0) is 9.84 Å². The molecule has 0 saturated heterocycles. The van der Waals surface area contributed by atoms with E-state index in [0.717, 1.165) is 6.26 Å². The van der Waals surface area contributed by atoms with Crippen LogP contribution >= 0.6 is 0 Å². The fourth-order valence-electron chi connectivity index (χ4n) is 0.749. The highest BCUT2D eigenvalue weighted by Gasteiger charge is 2.11. The van der Waals surface area contributed by atoms with Gasteiger partial charge in [0.15, 0.2) is 6.29 Å². The lowest BCUT2D eigenvalue weighted by atomic mass is 10.3. The summed E-state index contributed by atoms with van der Waals surface area (Å²) >= 11 is 0. The third kappa shape index (κ3) is 2.09. The maximum atomic E-state index is 11.0. The number of nitrogens with zero attached hydrogens (tertiary/aromatic N) is 2. The molecule has 0 bridgehead atoms. The Morgan fingerprint density at radius 1 is 1.46 bits per heavy atom. The van der Waals surface area contributed by atoms with Gasteiger partial charge in [0.25, 0.3) is 0 Å². The highest BCUT2D eigenvalue weighted by atomic mass is 32.2. The van der Waals surface area contributed by atoms with E-state index in [1.807, 2.05) is 0 Å². The standard InChI is InChI=1S/C7H8N2O3S/c1-5-6(4-10)3-8-7(9-5)13(2,11)12/h3-4H,1-2H3. The monoisotopic (exact) mass is 200 g/mol. The maximum Gasteiger partial charge on any atom is 0.247 e. The molecule has 0 N–H and O–H groups in total. The Morgan fingerprint density at radius 2 is 2.08 bits per heavy atom. The van der Waals surface area contributed by atoms with Gasteiger partial charge >= 0.3 is 0 Å². The lowest BCUT2D eigenvalue weighted by Crippen LogP contribution is -2.06. The molecular formula is C7H8N2O3S. The van der Waals surface area contributed by atoms with E-state index in [2.05, 4.69) is 9.97 Å². The number of carbonyl (C=O) groups is 1. The van der Waals surface area contributed by atoms with Crippen LogP contribution in [0.5, 0.6) is 0 Å². The van der Waals surface area contributed by atoms with Crippen molar-refractivity contribution in [2.45, 2.75) is 12.1 Å². The Hall–Kier alpha value is -1.30. The SMILES string of the molecule is Cc1nc(S(C)(=O)=O)ncc1C=O. The molecule has 0 aliphatic heterocycles. The molecule has 0 spiro atoms. The largest absolute Gasteiger partial charge is 0.298 e. The van der Waals surface area contributed by atoms with Gasteiger partial charge in [0.05, 0.1) is 11.3 Å². The Labute approximate surface area is 75.8 Å². The van der Waals surface area contributed by atoms with Crippen LogP contribution in [0.2, 0.25) is 0 Å². The summed E-state index contributed by atoms with van der Waals surface area (Å²) in [5, 5.41) is -0.254. The topological polar surface area (TPSA) is 77.0 Å². The van der Waals surface area contributed by atoms with Crippen molar-refractivity contribution in [2.24, 2.45) is 0 Å². The molecule has 0 atom stereocenters. The molecule has 1 heterocycles. The lowest BCUT2D eigenvalue weighted by Gasteiger charge is -1.99. The summed E-state index contributed by atoms with van der Waals surface area (Å²) in [6, 6.07) is 0. The molecule has 0 aliphatic carbocycles. The molecule has 0 saturated carbocycles. The van der Waals surface area contributed by atoms with Gasteiger partial charge in [-0.05, 0) is 6.92 Å². The Morgan fingerprint density at radius 3 is 2.46 bits per heavy atom. The first-order chi connectivity index (χ1) is 5.95. The number of rotatable bonds is 2. The molecule has 0 fully saturated rings. The number of hydrogen-bond acceptors (Lipinski definition) is 5. The first-order valence-corrected chi connectivity index (χ1v) is 5.33. The molecule has 0 aromatic carbocycles. The van der Waals surface area contributed by atoms with Crippen LogP contribution in [0.15, 0.2) is 11.4 Å². The van der Waals surface area contributed by atoms with Crippen molar-refractivity contribution in [2.75, 3.05) is 6.26 Å². The normalized spacial score (nSPS) is 11.2. The van der Waals surface area contributed by atoms with E-state index < -0.39 is 9.84 Å². The minimum absolute atomic E-state index is 0.254. The van der Waals surface area contributed by atoms with E-state index in [1.165, 1.54) is 6.20 Å². The summed E-state index contributed by atoms with van der Waals surface area (Å²) in [4.78, 5) is 17.6. The van der Waals surface area contributed by atoms with Crippen LogP contribution in [-0.4, -0.2) is 30.9 Å². The van der Waals surface area contributed by atoms with E-state index in [9.17, 15) is 13.2 Å². The van der Waals surface area contributed by atoms with E-state index in [-0.39, 0.29) is 5.16 Å². The van der Waals surface area contributed by atoms with Gasteiger partial charge in [-0.15, -0.1) is 0 Å². The predicted molar refractivity (Wildman–Crippen MR) is 45.3 cm³/mol. The minimum atomic E-state index is -3.39. The van der Waals surface area contributed by atoms with Gasteiger partial charge in [-0.1, -0.05) is 0 Å². The van der Waals surface area contributed by atoms with E-state index in [4.69, 9.17) is 0 Å². The van der Waals surface area contributed by atoms with Gasteiger partial charge in [0, 0.05) is 12.5 Å². The molecule has 0 amide bonds. The van der Waals surface area contributed by atoms with Crippen LogP contribution in [0.25, 0.3) is 0 Å². The van der Waals surface area contributed by atoms with Gasteiger partial charge in [-0.2, -0.15) is 0 Å². The third-order valence-corrected chi connectivity index (χ3v) is 2.31. The van der Waals surface area contributed by atoms with Crippen LogP contribution < -0.4 is 0 Å². The van der Waals surface area contributed by atoms with Gasteiger partial charge in [0.1, 0.15) is 0 Å². The number of aromatic nitrogens is 2. The third-order valence-electron chi connectivity index (χ3n) is 1.45. The first-order valence-electron chi connectivity index (χ1n) is 3.44. The molecule has 70 valence electrons. The fraction of sp³-hybridized carbons (Fsp3) is 0.286. The number of hydrogen-bond donors (Lipinski definition) is 0. The maximum absolute atomic E-state index is 11.0. The molecule has 5 nitrogen and oxygen atoms in total. The summed E-state index contributed by atoms with van der Waals surface area (Å²) in [7, 11) is -3.39. The molecule has 6 heteroatoms. The summed E-state index contributed by atoms with van der Waals surface area (Å²) in [5.41, 5.74) is 0.665. The number of aldehydes is 1. The Balaban J connectivity index is 3.34. The second-order valence-electron chi connectivity index (χ2n) is 2.58. The smallest absolute Gasteiger partial charge is 0.247 e. The van der Waals surface area contributed by atoms with Crippen LogP contribution in [0, 0.1) is 6.92 Å². The van der Waals surface area contributed by atoms with Crippen molar-refractivity contribution < 1.29 is 13.2 Å². The molecule has 0 unspecified atom stereocenters. The molecule has 0 radical (unpaired) electrons. The van der Waals surface area contributed by atoms with Crippen LogP contribution in [0.4, 0.5) is 0 Å². The average molecular weight is 200 g/mol. The number of aryl methyl sites for hydroxylation is 1. The molecule has 0 aliphatic rings. The zero-order valence-corrected chi connectivity index (χ0v) is 8.00. The van der Waals surface area contributed by atoms with Crippen molar-refractivity contribution in [1.82, 2.24) is 9.97 Å². The highest BCUT2D eigenvalue weighted by molar-refractivity contribution is 7.90. The zero-order chi connectivity index (χ0) is 10.1. The van der Waals surface area contributed by atoms with Crippen molar-refractivity contribution in [1.29, 1.82) is 0 Å². The van der Waals surface area contributed by atoms with E-state index in [1.54, 1.807) is 6.92 Å². The molecular weight excluding hydrogens is 192 g/mol. The lowest BCUT2D eigenvalue weighted by molar-refractivity contribution is 0.112.